The topological polar surface area (TPSA) is 99.6 Å². The first-order chi connectivity index (χ1) is 11.4. The van der Waals surface area contributed by atoms with Gasteiger partial charge >= 0.3 is 5.69 Å². The van der Waals surface area contributed by atoms with Gasteiger partial charge in [-0.3, -0.25) is 23.6 Å². The first-order valence-corrected chi connectivity index (χ1v) is 8.30. The Morgan fingerprint density at radius 3 is 2.54 bits per heavy atom. The smallest absolute Gasteiger partial charge is 0.332 e. The highest BCUT2D eigenvalue weighted by Gasteiger charge is 2.34. The zero-order chi connectivity index (χ0) is 17.4. The van der Waals surface area contributed by atoms with Crippen molar-refractivity contribution in [2.24, 2.45) is 20.0 Å². The van der Waals surface area contributed by atoms with E-state index in [-0.39, 0.29) is 23.7 Å². The number of carbonyl (C=O) groups is 1. The van der Waals surface area contributed by atoms with Gasteiger partial charge in [0, 0.05) is 33.3 Å². The molecule has 1 aliphatic heterocycles. The summed E-state index contributed by atoms with van der Waals surface area (Å²) in [5.74, 6) is 0.0428. The van der Waals surface area contributed by atoms with Gasteiger partial charge < -0.3 is 10.5 Å². The average Bonchev–Trinajstić information content (AvgIpc) is 3.28. The molecule has 0 spiro atoms. The quantitative estimate of drug-likeness (QED) is 0.693. The number of nitrogen functional groups attached to an aromatic ring is 1. The van der Waals surface area contributed by atoms with Gasteiger partial charge in [0.25, 0.3) is 5.56 Å². The van der Waals surface area contributed by atoms with Gasteiger partial charge in [-0.15, -0.1) is 0 Å². The number of Topliss-reactive ketones (excluding diaryl/α,β-unsaturated/α-hetero) is 1. The highest BCUT2D eigenvalue weighted by atomic mass is 16.5. The van der Waals surface area contributed by atoms with Gasteiger partial charge in [0.2, 0.25) is 0 Å². The van der Waals surface area contributed by atoms with Crippen molar-refractivity contribution in [1.29, 1.82) is 0 Å². The number of ketones is 1. The molecule has 1 unspecified atom stereocenters. The van der Waals surface area contributed by atoms with Crippen LogP contribution in [0.3, 0.4) is 0 Å². The second kappa shape index (κ2) is 6.52. The molecule has 8 nitrogen and oxygen atoms in total. The predicted molar refractivity (Wildman–Crippen MR) is 89.2 cm³/mol. The minimum atomic E-state index is -0.624. The standard InChI is InChI=1S/C16H24N4O4/c1-18-14(17)13(15(22)19(2)16(18)23)12(21)8-20(11-3-4-11)7-10-5-6-24-9-10/h10-11H,3-9,17H2,1-2H3. The van der Waals surface area contributed by atoms with Crippen LogP contribution in [-0.2, 0) is 18.8 Å². The maximum absolute atomic E-state index is 12.7. The summed E-state index contributed by atoms with van der Waals surface area (Å²) < 4.78 is 7.47. The molecule has 132 valence electrons. The third-order valence-corrected chi connectivity index (χ3v) is 4.92. The zero-order valence-electron chi connectivity index (χ0n) is 14.2. The summed E-state index contributed by atoms with van der Waals surface area (Å²) in [4.78, 5) is 39.1. The predicted octanol–water partition coefficient (Wildman–Crippen LogP) is -0.650. The molecule has 2 aliphatic rings. The van der Waals surface area contributed by atoms with Crippen molar-refractivity contribution in [1.82, 2.24) is 14.0 Å². The Hall–Kier alpha value is -1.93. The summed E-state index contributed by atoms with van der Waals surface area (Å²) in [7, 11) is 2.82. The summed E-state index contributed by atoms with van der Waals surface area (Å²) in [6, 6.07) is 0.396. The number of nitrogens with zero attached hydrogens (tertiary/aromatic N) is 3. The Balaban J connectivity index is 1.83. The summed E-state index contributed by atoms with van der Waals surface area (Å²) in [6.45, 7) is 2.44. The number of anilines is 1. The molecule has 1 saturated carbocycles. The maximum Gasteiger partial charge on any atom is 0.332 e. The largest absolute Gasteiger partial charge is 0.384 e. The van der Waals surface area contributed by atoms with Crippen molar-refractivity contribution in [3.63, 3.8) is 0 Å². The molecule has 2 fully saturated rings. The molecule has 0 radical (unpaired) electrons. The molecule has 0 bridgehead atoms. The lowest BCUT2D eigenvalue weighted by molar-refractivity contribution is 0.0902. The lowest BCUT2D eigenvalue weighted by atomic mass is 10.1. The number of hydrogen-bond acceptors (Lipinski definition) is 6. The number of ether oxygens (including phenoxy) is 1. The molecule has 24 heavy (non-hydrogen) atoms. The average molecular weight is 336 g/mol. The van der Waals surface area contributed by atoms with E-state index in [1.165, 1.54) is 14.1 Å². The van der Waals surface area contributed by atoms with Crippen LogP contribution in [0, 0.1) is 5.92 Å². The molecule has 1 aromatic rings. The third-order valence-electron chi connectivity index (χ3n) is 4.92. The summed E-state index contributed by atoms with van der Waals surface area (Å²) in [5.41, 5.74) is 4.63. The first-order valence-electron chi connectivity index (χ1n) is 8.30. The minimum absolute atomic E-state index is 0.0620. The molecule has 0 aromatic carbocycles. The van der Waals surface area contributed by atoms with E-state index in [2.05, 4.69) is 4.90 Å². The van der Waals surface area contributed by atoms with Crippen LogP contribution in [-0.4, -0.2) is 52.2 Å². The molecule has 2 N–H and O–H groups in total. The van der Waals surface area contributed by atoms with E-state index in [1.54, 1.807) is 0 Å². The van der Waals surface area contributed by atoms with Crippen LogP contribution in [0.25, 0.3) is 0 Å². The number of hydrogen-bond donors (Lipinski definition) is 1. The van der Waals surface area contributed by atoms with Crippen LogP contribution >= 0.6 is 0 Å². The van der Waals surface area contributed by atoms with Crippen LogP contribution in [0.1, 0.15) is 29.6 Å². The van der Waals surface area contributed by atoms with Crippen molar-refractivity contribution in [3.8, 4) is 0 Å². The number of carbonyl (C=O) groups excluding carboxylic acids is 1. The Morgan fingerprint density at radius 2 is 1.96 bits per heavy atom. The lowest BCUT2D eigenvalue weighted by Gasteiger charge is -2.24. The van der Waals surface area contributed by atoms with Crippen LogP contribution in [0.15, 0.2) is 9.59 Å². The molecular weight excluding hydrogens is 312 g/mol. The van der Waals surface area contributed by atoms with Crippen molar-refractivity contribution < 1.29 is 9.53 Å². The normalized spacial score (nSPS) is 20.7. The summed E-state index contributed by atoms with van der Waals surface area (Å²) >= 11 is 0. The van der Waals surface area contributed by atoms with Gasteiger partial charge in [0.15, 0.2) is 5.78 Å². The molecule has 8 heteroatoms. The van der Waals surface area contributed by atoms with Crippen molar-refractivity contribution in [3.05, 3.63) is 26.4 Å². The van der Waals surface area contributed by atoms with E-state index in [0.717, 1.165) is 48.2 Å². The van der Waals surface area contributed by atoms with Gasteiger partial charge in [-0.1, -0.05) is 0 Å². The van der Waals surface area contributed by atoms with Crippen LogP contribution in [0.2, 0.25) is 0 Å². The fourth-order valence-corrected chi connectivity index (χ4v) is 3.23. The monoisotopic (exact) mass is 336 g/mol. The van der Waals surface area contributed by atoms with Crippen LogP contribution in [0.4, 0.5) is 5.82 Å². The number of rotatable bonds is 6. The highest BCUT2D eigenvalue weighted by molar-refractivity contribution is 6.01. The second-order valence-corrected chi connectivity index (χ2v) is 6.78. The minimum Gasteiger partial charge on any atom is -0.384 e. The van der Waals surface area contributed by atoms with E-state index >= 15 is 0 Å². The van der Waals surface area contributed by atoms with Gasteiger partial charge in [-0.2, -0.15) is 0 Å². The first kappa shape index (κ1) is 16.9. The number of aromatic nitrogens is 2. The third kappa shape index (κ3) is 3.16. The van der Waals surface area contributed by atoms with Crippen molar-refractivity contribution >= 4 is 11.6 Å². The van der Waals surface area contributed by atoms with E-state index in [0.29, 0.717) is 12.0 Å². The van der Waals surface area contributed by atoms with Crippen LogP contribution < -0.4 is 17.0 Å². The van der Waals surface area contributed by atoms with Crippen molar-refractivity contribution in [2.75, 3.05) is 32.0 Å². The van der Waals surface area contributed by atoms with E-state index in [9.17, 15) is 14.4 Å². The molecule has 2 heterocycles. The van der Waals surface area contributed by atoms with E-state index in [1.807, 2.05) is 0 Å². The maximum atomic E-state index is 12.7. The SMILES string of the molecule is Cn1c(N)c(C(=O)CN(CC2CCOC2)C2CC2)c(=O)n(C)c1=O. The van der Waals surface area contributed by atoms with Gasteiger partial charge in [0.05, 0.1) is 13.2 Å². The Morgan fingerprint density at radius 1 is 1.25 bits per heavy atom. The van der Waals surface area contributed by atoms with Crippen molar-refractivity contribution in [2.45, 2.75) is 25.3 Å². The molecular formula is C16H24N4O4. The highest BCUT2D eigenvalue weighted by Crippen LogP contribution is 2.29. The summed E-state index contributed by atoms with van der Waals surface area (Å²) in [6.07, 6.45) is 3.14. The molecule has 1 atom stereocenters. The molecule has 3 rings (SSSR count). The van der Waals surface area contributed by atoms with E-state index in [4.69, 9.17) is 10.5 Å². The zero-order valence-corrected chi connectivity index (χ0v) is 14.2. The molecule has 1 aliphatic carbocycles. The summed E-state index contributed by atoms with van der Waals surface area (Å²) in [5, 5.41) is 0. The fraction of sp³-hybridized carbons (Fsp3) is 0.688. The second-order valence-electron chi connectivity index (χ2n) is 6.78. The Kier molecular flexibility index (Phi) is 4.60. The van der Waals surface area contributed by atoms with Gasteiger partial charge in [0.1, 0.15) is 11.4 Å². The lowest BCUT2D eigenvalue weighted by Crippen LogP contribution is -2.44. The van der Waals surface area contributed by atoms with Gasteiger partial charge in [-0.25, -0.2) is 4.79 Å². The molecule has 0 amide bonds. The Bertz CT molecular complexity index is 757. The van der Waals surface area contributed by atoms with E-state index < -0.39 is 11.2 Å². The molecule has 1 saturated heterocycles. The number of nitrogens with two attached hydrogens (primary N) is 1. The molecule has 1 aromatic heterocycles. The Labute approximate surface area is 139 Å². The fourth-order valence-electron chi connectivity index (χ4n) is 3.23. The van der Waals surface area contributed by atoms with Gasteiger partial charge in [-0.05, 0) is 25.2 Å². The van der Waals surface area contributed by atoms with Crippen LogP contribution in [0.5, 0.6) is 0 Å².